The number of carbonyl (C=O) groups is 3. The Balaban J connectivity index is 0.00000306. The van der Waals surface area contributed by atoms with Crippen molar-refractivity contribution in [1.29, 1.82) is 0 Å². The SMILES string of the molecule is CN(C)[C@@H]1C(O)=C(C(N)=O)C(=O)[C@@]2(O)C(O)=C3C(=O)c4c(O)cccc4[C@@](C)(O)[C@H]3C[C@@H]12.[Eu]. The summed E-state index contributed by atoms with van der Waals surface area (Å²) < 4.78 is 0. The third kappa shape index (κ3) is 3.28. The number of nitrogens with zero attached hydrogens (tertiary/aromatic N) is 1. The summed E-state index contributed by atoms with van der Waals surface area (Å²) in [4.78, 5) is 39.9. The van der Waals surface area contributed by atoms with Gasteiger partial charge in [0, 0.05) is 66.8 Å². The Labute approximate surface area is 229 Å². The fraction of sp³-hybridized carbons (Fsp3) is 0.409. The van der Waals surface area contributed by atoms with Crippen LogP contribution in [-0.4, -0.2) is 73.6 Å². The first-order valence-corrected chi connectivity index (χ1v) is 9.97. The van der Waals surface area contributed by atoms with Crippen LogP contribution in [0.15, 0.2) is 40.9 Å². The van der Waals surface area contributed by atoms with E-state index in [1.807, 2.05) is 0 Å². The number of aromatic hydroxyl groups is 1. The molecule has 0 saturated heterocycles. The smallest absolute Gasteiger partial charge is 0.255 e. The van der Waals surface area contributed by atoms with Crippen LogP contribution in [-0.2, 0) is 15.2 Å². The number of primary amides is 1. The molecule has 0 spiro atoms. The molecule has 5 atom stereocenters. The Morgan fingerprint density at radius 2 is 1.76 bits per heavy atom. The number of hydrogen-bond donors (Lipinski definition) is 6. The maximum atomic E-state index is 13.3. The fourth-order valence-corrected chi connectivity index (χ4v) is 5.51. The summed E-state index contributed by atoms with van der Waals surface area (Å²) in [6.45, 7) is 1.40. The van der Waals surface area contributed by atoms with Crippen molar-refractivity contribution in [2.24, 2.45) is 17.6 Å². The zero-order valence-corrected chi connectivity index (χ0v) is 20.5. The van der Waals surface area contributed by atoms with Crippen molar-refractivity contribution in [2.75, 3.05) is 14.1 Å². The Kier molecular flexibility index (Phi) is 6.49. The molecular weight excluding hydrogens is 572 g/mol. The van der Waals surface area contributed by atoms with Crippen molar-refractivity contribution in [2.45, 2.75) is 30.6 Å². The predicted octanol–water partition coefficient (Wildman–Crippen LogP) is -0.214. The summed E-state index contributed by atoms with van der Waals surface area (Å²) in [6.07, 6.45) is -0.200. The third-order valence-corrected chi connectivity index (χ3v) is 7.02. The van der Waals surface area contributed by atoms with Gasteiger partial charge in [0.2, 0.25) is 5.78 Å². The number of hydrogen-bond acceptors (Lipinski definition) is 9. The van der Waals surface area contributed by atoms with Gasteiger partial charge in [-0.15, -0.1) is 0 Å². The van der Waals surface area contributed by atoms with Gasteiger partial charge in [-0.1, -0.05) is 12.1 Å². The van der Waals surface area contributed by atoms with Gasteiger partial charge >= 0.3 is 0 Å². The normalized spacial score (nSPS) is 33.3. The van der Waals surface area contributed by atoms with Crippen LogP contribution < -0.4 is 5.73 Å². The molecule has 4 rings (SSSR count). The van der Waals surface area contributed by atoms with Gasteiger partial charge in [0.05, 0.1) is 17.2 Å². The molecule has 1 aromatic rings. The average molecular weight is 596 g/mol. The minimum atomic E-state index is -2.75. The van der Waals surface area contributed by atoms with E-state index in [0.717, 1.165) is 0 Å². The Hall–Kier alpha value is -1.63. The van der Waals surface area contributed by atoms with Gasteiger partial charge in [-0.25, -0.2) is 0 Å². The van der Waals surface area contributed by atoms with E-state index < -0.39 is 75.0 Å². The van der Waals surface area contributed by atoms with Crippen LogP contribution in [0, 0.1) is 61.2 Å². The minimum absolute atomic E-state index is 0. The van der Waals surface area contributed by atoms with Crippen molar-refractivity contribution >= 4 is 17.5 Å². The molecule has 10 nitrogen and oxygen atoms in total. The second-order valence-electron chi connectivity index (χ2n) is 8.96. The molecule has 0 unspecified atom stereocenters. The molecule has 0 saturated carbocycles. The quantitative estimate of drug-likeness (QED) is 0.252. The van der Waals surface area contributed by atoms with Crippen LogP contribution in [0.5, 0.6) is 5.75 Å². The number of carbonyl (C=O) groups excluding carboxylic acids is 3. The maximum absolute atomic E-state index is 13.3. The van der Waals surface area contributed by atoms with Gasteiger partial charge in [0.25, 0.3) is 5.91 Å². The molecule has 1 aromatic carbocycles. The number of benzene rings is 1. The van der Waals surface area contributed by atoms with E-state index in [1.165, 1.54) is 44.1 Å². The summed E-state index contributed by atoms with van der Waals surface area (Å²) in [5, 5.41) is 55.0. The summed E-state index contributed by atoms with van der Waals surface area (Å²) >= 11 is 0. The first kappa shape index (κ1) is 26.0. The third-order valence-electron chi connectivity index (χ3n) is 7.02. The van der Waals surface area contributed by atoms with E-state index in [1.54, 1.807) is 0 Å². The topological polar surface area (TPSA) is 182 Å². The number of fused-ring (bicyclic) bond motifs is 3. The van der Waals surface area contributed by atoms with Gasteiger partial charge in [0.15, 0.2) is 11.4 Å². The molecule has 177 valence electrons. The molecule has 1 radical (unpaired) electrons. The first-order valence-electron chi connectivity index (χ1n) is 9.97. The van der Waals surface area contributed by atoms with Crippen molar-refractivity contribution in [3.63, 3.8) is 0 Å². The van der Waals surface area contributed by atoms with Crippen LogP contribution in [0.2, 0.25) is 0 Å². The molecule has 0 fully saturated rings. The van der Waals surface area contributed by atoms with Crippen molar-refractivity contribution < 1.29 is 89.3 Å². The van der Waals surface area contributed by atoms with E-state index in [4.69, 9.17) is 5.73 Å². The van der Waals surface area contributed by atoms with E-state index >= 15 is 0 Å². The Morgan fingerprint density at radius 3 is 2.30 bits per heavy atom. The number of phenolic OH excluding ortho intramolecular Hbond substituents is 1. The molecule has 1 amide bonds. The van der Waals surface area contributed by atoms with E-state index in [0.29, 0.717) is 0 Å². The monoisotopic (exact) mass is 597 g/mol. The number of rotatable bonds is 2. The van der Waals surface area contributed by atoms with Crippen LogP contribution in [0.25, 0.3) is 0 Å². The zero-order chi connectivity index (χ0) is 23.9. The van der Waals surface area contributed by atoms with E-state index in [2.05, 4.69) is 0 Å². The van der Waals surface area contributed by atoms with Gasteiger partial charge < -0.3 is 31.3 Å². The molecule has 7 N–H and O–H groups in total. The van der Waals surface area contributed by atoms with Gasteiger partial charge in [-0.05, 0) is 39.1 Å². The van der Waals surface area contributed by atoms with Gasteiger partial charge in [-0.3, -0.25) is 19.3 Å². The number of phenols is 1. The molecule has 3 aliphatic rings. The van der Waals surface area contributed by atoms with Crippen LogP contribution >= 0.6 is 0 Å². The number of amides is 1. The van der Waals surface area contributed by atoms with Crippen molar-refractivity contribution in [3.8, 4) is 5.75 Å². The summed E-state index contributed by atoms with van der Waals surface area (Å²) in [5.41, 5.74) is -0.654. The summed E-state index contributed by atoms with van der Waals surface area (Å²) in [6, 6.07) is 3.05. The standard InChI is InChI=1S/C22H24N2O8.Eu/c1-21(31)8-5-4-6-11(25)12(8)16(26)13-9(21)7-10-15(24(2)3)17(27)14(20(23)30)19(29)22(10,32)18(13)28;/h4-6,9-10,15,25,27-28,31-32H,7H2,1-3H3,(H2,23,30);/t9-,10-,15-,21+,22-;/m0./s1. The van der Waals surface area contributed by atoms with Gasteiger partial charge in [0.1, 0.15) is 22.8 Å². The number of aliphatic hydroxyl groups excluding tert-OH is 2. The fourth-order valence-electron chi connectivity index (χ4n) is 5.51. The zero-order valence-electron chi connectivity index (χ0n) is 18.0. The Morgan fingerprint density at radius 1 is 1.15 bits per heavy atom. The number of ketones is 2. The predicted molar refractivity (Wildman–Crippen MR) is 110 cm³/mol. The molecule has 11 heteroatoms. The molecule has 33 heavy (non-hydrogen) atoms. The summed E-state index contributed by atoms with van der Waals surface area (Å²) in [5.74, 6) is -7.89. The largest absolute Gasteiger partial charge is 0.510 e. The molecule has 0 aromatic heterocycles. The molecule has 0 heterocycles. The van der Waals surface area contributed by atoms with E-state index in [9.17, 15) is 39.9 Å². The number of Topliss-reactive ketones (excluding diaryl/α,β-unsaturated/α-hetero) is 2. The second-order valence-corrected chi connectivity index (χ2v) is 8.96. The minimum Gasteiger partial charge on any atom is -0.510 e. The molecule has 0 bridgehead atoms. The van der Waals surface area contributed by atoms with Crippen LogP contribution in [0.4, 0.5) is 0 Å². The first-order chi connectivity index (χ1) is 14.8. The Bertz CT molecular complexity index is 1160. The summed E-state index contributed by atoms with van der Waals surface area (Å²) in [7, 11) is 3.06. The van der Waals surface area contributed by atoms with E-state index in [-0.39, 0.29) is 66.9 Å². The number of likely N-dealkylation sites (N-methyl/N-ethyl adjacent to an activating group) is 1. The van der Waals surface area contributed by atoms with Crippen LogP contribution in [0.3, 0.4) is 0 Å². The molecular formula is C22H24EuN2O8. The van der Waals surface area contributed by atoms with Gasteiger partial charge in [-0.2, -0.15) is 0 Å². The second kappa shape index (κ2) is 8.25. The molecule has 0 aliphatic heterocycles. The van der Waals surface area contributed by atoms with Crippen molar-refractivity contribution in [3.05, 3.63) is 52.0 Å². The molecule has 3 aliphatic carbocycles. The van der Waals surface area contributed by atoms with Crippen molar-refractivity contribution in [1.82, 2.24) is 4.90 Å². The van der Waals surface area contributed by atoms with Crippen LogP contribution in [0.1, 0.15) is 29.3 Å². The average Bonchev–Trinajstić information content (AvgIpc) is 2.68. The number of nitrogens with two attached hydrogens (primary N) is 1. The maximum Gasteiger partial charge on any atom is 0.255 e. The number of aliphatic hydroxyl groups is 4.